The highest BCUT2D eigenvalue weighted by atomic mass is 16.5. The van der Waals surface area contributed by atoms with Crippen molar-refractivity contribution in [2.45, 2.75) is 46.6 Å². The maximum atomic E-state index is 12.5. The second-order valence-electron chi connectivity index (χ2n) is 6.74. The summed E-state index contributed by atoms with van der Waals surface area (Å²) in [7, 11) is 0. The molecule has 2 amide bonds. The molecule has 0 aromatic heterocycles. The molecule has 1 unspecified atom stereocenters. The molecule has 2 N–H and O–H groups in total. The standard InChI is InChI=1S/C18H26N2O3/c1-12-7-8-15(13(2)10-12)20-17(22)18(3,4)16(21)19-11-14-6-5-9-23-14/h7-8,10,14H,5-6,9,11H2,1-4H3,(H,19,21)(H,20,22). The third-order valence-electron chi connectivity index (χ3n) is 4.28. The van der Waals surface area contributed by atoms with Gasteiger partial charge in [0.1, 0.15) is 5.41 Å². The number of hydrogen-bond acceptors (Lipinski definition) is 3. The monoisotopic (exact) mass is 318 g/mol. The fourth-order valence-corrected chi connectivity index (χ4v) is 2.57. The predicted molar refractivity (Wildman–Crippen MR) is 90.3 cm³/mol. The molecule has 1 fully saturated rings. The number of nitrogens with one attached hydrogen (secondary N) is 2. The first-order valence-corrected chi connectivity index (χ1v) is 8.09. The van der Waals surface area contributed by atoms with Gasteiger partial charge in [0.2, 0.25) is 11.8 Å². The Kier molecular flexibility index (Phi) is 5.42. The van der Waals surface area contributed by atoms with Crippen molar-refractivity contribution < 1.29 is 14.3 Å². The van der Waals surface area contributed by atoms with E-state index in [9.17, 15) is 9.59 Å². The first-order chi connectivity index (χ1) is 10.8. The molecule has 1 atom stereocenters. The van der Waals surface area contributed by atoms with E-state index in [1.165, 1.54) is 0 Å². The third-order valence-corrected chi connectivity index (χ3v) is 4.28. The lowest BCUT2D eigenvalue weighted by Gasteiger charge is -2.24. The van der Waals surface area contributed by atoms with Crippen LogP contribution in [0.3, 0.4) is 0 Å². The molecular formula is C18H26N2O3. The number of amides is 2. The largest absolute Gasteiger partial charge is 0.376 e. The summed E-state index contributed by atoms with van der Waals surface area (Å²) in [5.74, 6) is -0.593. The Morgan fingerprint density at radius 1 is 1.26 bits per heavy atom. The fourth-order valence-electron chi connectivity index (χ4n) is 2.57. The van der Waals surface area contributed by atoms with Crippen molar-refractivity contribution in [2.75, 3.05) is 18.5 Å². The SMILES string of the molecule is Cc1ccc(NC(=O)C(C)(C)C(=O)NCC2CCCO2)c(C)c1. The molecule has 1 aliphatic heterocycles. The molecule has 1 saturated heterocycles. The molecule has 0 saturated carbocycles. The average Bonchev–Trinajstić information content (AvgIpc) is 3.00. The van der Waals surface area contributed by atoms with Crippen LogP contribution in [0.5, 0.6) is 0 Å². The molecule has 1 aromatic rings. The minimum atomic E-state index is -1.14. The van der Waals surface area contributed by atoms with Crippen LogP contribution in [0.15, 0.2) is 18.2 Å². The molecule has 5 nitrogen and oxygen atoms in total. The van der Waals surface area contributed by atoms with Crippen molar-refractivity contribution in [3.05, 3.63) is 29.3 Å². The van der Waals surface area contributed by atoms with Crippen molar-refractivity contribution in [1.82, 2.24) is 5.32 Å². The van der Waals surface area contributed by atoms with Crippen molar-refractivity contribution in [2.24, 2.45) is 5.41 Å². The molecule has 1 heterocycles. The molecule has 1 aromatic carbocycles. The summed E-state index contributed by atoms with van der Waals surface area (Å²) >= 11 is 0. The van der Waals surface area contributed by atoms with Crippen molar-refractivity contribution >= 4 is 17.5 Å². The number of aryl methyl sites for hydroxylation is 2. The highest BCUT2D eigenvalue weighted by Gasteiger charge is 2.36. The van der Waals surface area contributed by atoms with E-state index in [4.69, 9.17) is 4.74 Å². The molecular weight excluding hydrogens is 292 g/mol. The van der Waals surface area contributed by atoms with Gasteiger partial charge < -0.3 is 15.4 Å². The van der Waals surface area contributed by atoms with Gasteiger partial charge in [0, 0.05) is 18.8 Å². The van der Waals surface area contributed by atoms with Crippen LogP contribution < -0.4 is 10.6 Å². The minimum absolute atomic E-state index is 0.0668. The van der Waals surface area contributed by atoms with Crippen LogP contribution >= 0.6 is 0 Å². The van der Waals surface area contributed by atoms with Crippen LogP contribution in [-0.2, 0) is 14.3 Å². The predicted octanol–water partition coefficient (Wildman–Crippen LogP) is 2.56. The average molecular weight is 318 g/mol. The maximum Gasteiger partial charge on any atom is 0.239 e. The van der Waals surface area contributed by atoms with Gasteiger partial charge in [-0.05, 0) is 52.2 Å². The van der Waals surface area contributed by atoms with Crippen LogP contribution in [0.2, 0.25) is 0 Å². The molecule has 126 valence electrons. The van der Waals surface area contributed by atoms with E-state index < -0.39 is 5.41 Å². The summed E-state index contributed by atoms with van der Waals surface area (Å²) in [4.78, 5) is 24.9. The zero-order chi connectivity index (χ0) is 17.0. The van der Waals surface area contributed by atoms with Crippen LogP contribution in [0, 0.1) is 19.3 Å². The van der Waals surface area contributed by atoms with Gasteiger partial charge in [0.15, 0.2) is 0 Å². The van der Waals surface area contributed by atoms with E-state index in [-0.39, 0.29) is 17.9 Å². The summed E-state index contributed by atoms with van der Waals surface area (Å²) in [5, 5.41) is 5.69. The number of anilines is 1. The normalized spacial score (nSPS) is 17.8. The molecule has 2 rings (SSSR count). The summed E-state index contributed by atoms with van der Waals surface area (Å²) < 4.78 is 5.48. The lowest BCUT2D eigenvalue weighted by Crippen LogP contribution is -2.47. The van der Waals surface area contributed by atoms with Crippen LogP contribution in [0.1, 0.15) is 37.8 Å². The second kappa shape index (κ2) is 7.13. The second-order valence-corrected chi connectivity index (χ2v) is 6.74. The Morgan fingerprint density at radius 3 is 2.61 bits per heavy atom. The Balaban J connectivity index is 1.96. The lowest BCUT2D eigenvalue weighted by molar-refractivity contribution is -0.138. The van der Waals surface area contributed by atoms with E-state index in [0.29, 0.717) is 6.54 Å². The summed E-state index contributed by atoms with van der Waals surface area (Å²) in [6.45, 7) is 8.41. The van der Waals surface area contributed by atoms with Gasteiger partial charge in [-0.3, -0.25) is 9.59 Å². The highest BCUT2D eigenvalue weighted by Crippen LogP contribution is 2.22. The number of benzene rings is 1. The quantitative estimate of drug-likeness (QED) is 0.820. The lowest BCUT2D eigenvalue weighted by atomic mass is 9.90. The summed E-state index contributed by atoms with van der Waals surface area (Å²) in [5.41, 5.74) is 1.71. The first-order valence-electron chi connectivity index (χ1n) is 8.09. The van der Waals surface area contributed by atoms with Crippen molar-refractivity contribution in [1.29, 1.82) is 0 Å². The van der Waals surface area contributed by atoms with Crippen molar-refractivity contribution in [3.63, 3.8) is 0 Å². The molecule has 0 bridgehead atoms. The Labute approximate surface area is 137 Å². The van der Waals surface area contributed by atoms with Gasteiger partial charge >= 0.3 is 0 Å². The Bertz CT molecular complexity index is 590. The van der Waals surface area contributed by atoms with Gasteiger partial charge in [-0.2, -0.15) is 0 Å². The number of ether oxygens (including phenoxy) is 1. The molecule has 0 radical (unpaired) electrons. The van der Waals surface area contributed by atoms with E-state index in [0.717, 1.165) is 36.3 Å². The number of carbonyl (C=O) groups excluding carboxylic acids is 2. The van der Waals surface area contributed by atoms with Gasteiger partial charge in [0.05, 0.1) is 6.10 Å². The molecule has 23 heavy (non-hydrogen) atoms. The Morgan fingerprint density at radius 2 is 2.00 bits per heavy atom. The van der Waals surface area contributed by atoms with E-state index in [1.54, 1.807) is 13.8 Å². The highest BCUT2D eigenvalue weighted by molar-refractivity contribution is 6.10. The van der Waals surface area contributed by atoms with Crippen molar-refractivity contribution in [3.8, 4) is 0 Å². The molecule has 0 spiro atoms. The van der Waals surface area contributed by atoms with Crippen LogP contribution in [-0.4, -0.2) is 31.1 Å². The van der Waals surface area contributed by atoms with Crippen LogP contribution in [0.25, 0.3) is 0 Å². The molecule has 1 aliphatic rings. The van der Waals surface area contributed by atoms with E-state index >= 15 is 0 Å². The first kappa shape index (κ1) is 17.5. The van der Waals surface area contributed by atoms with Gasteiger partial charge in [0.25, 0.3) is 0 Å². The number of rotatable bonds is 5. The number of hydrogen-bond donors (Lipinski definition) is 2. The minimum Gasteiger partial charge on any atom is -0.376 e. The summed E-state index contributed by atoms with van der Waals surface area (Å²) in [6, 6.07) is 5.80. The third kappa shape index (κ3) is 4.32. The van der Waals surface area contributed by atoms with Gasteiger partial charge in [-0.1, -0.05) is 17.7 Å². The number of carbonyl (C=O) groups is 2. The van der Waals surface area contributed by atoms with Crippen LogP contribution in [0.4, 0.5) is 5.69 Å². The molecule has 5 heteroatoms. The van der Waals surface area contributed by atoms with Gasteiger partial charge in [-0.15, -0.1) is 0 Å². The Hall–Kier alpha value is -1.88. The van der Waals surface area contributed by atoms with E-state index in [1.807, 2.05) is 32.0 Å². The topological polar surface area (TPSA) is 67.4 Å². The smallest absolute Gasteiger partial charge is 0.239 e. The zero-order valence-electron chi connectivity index (χ0n) is 14.4. The summed E-state index contributed by atoms with van der Waals surface area (Å²) in [6.07, 6.45) is 2.05. The zero-order valence-corrected chi connectivity index (χ0v) is 14.4. The van der Waals surface area contributed by atoms with E-state index in [2.05, 4.69) is 10.6 Å². The maximum absolute atomic E-state index is 12.5. The molecule has 0 aliphatic carbocycles. The fraction of sp³-hybridized carbons (Fsp3) is 0.556. The van der Waals surface area contributed by atoms with Gasteiger partial charge in [-0.25, -0.2) is 0 Å².